The molecule has 0 aromatic heterocycles. The first-order chi connectivity index (χ1) is 5.65. The van der Waals surface area contributed by atoms with Crippen molar-refractivity contribution >= 4 is 0 Å². The van der Waals surface area contributed by atoms with Gasteiger partial charge in [0.2, 0.25) is 0 Å². The summed E-state index contributed by atoms with van der Waals surface area (Å²) in [6, 6.07) is 4.58. The minimum absolute atomic E-state index is 0.264. The lowest BCUT2D eigenvalue weighted by Crippen LogP contribution is -2.21. The van der Waals surface area contributed by atoms with E-state index in [1.165, 1.54) is 6.07 Å². The lowest BCUT2D eigenvalue weighted by Gasteiger charge is -2.10. The SMILES string of the molecule is Cc1ccc([C@H](N)CN)c(F)c1. The summed E-state index contributed by atoms with van der Waals surface area (Å²) in [5.74, 6) is -0.270. The van der Waals surface area contributed by atoms with E-state index in [0.717, 1.165) is 5.56 Å². The summed E-state index contributed by atoms with van der Waals surface area (Å²) < 4.78 is 13.2. The summed E-state index contributed by atoms with van der Waals surface area (Å²) in [7, 11) is 0. The third kappa shape index (κ3) is 1.81. The van der Waals surface area contributed by atoms with Gasteiger partial charge in [0.05, 0.1) is 0 Å². The monoisotopic (exact) mass is 168 g/mol. The van der Waals surface area contributed by atoms with Crippen LogP contribution >= 0.6 is 0 Å². The Bertz CT molecular complexity index is 273. The minimum Gasteiger partial charge on any atom is -0.329 e. The van der Waals surface area contributed by atoms with Crippen LogP contribution in [0.25, 0.3) is 0 Å². The van der Waals surface area contributed by atoms with Gasteiger partial charge in [-0.05, 0) is 18.6 Å². The van der Waals surface area contributed by atoms with E-state index in [-0.39, 0.29) is 12.4 Å². The lowest BCUT2D eigenvalue weighted by atomic mass is 10.1. The molecule has 3 heteroatoms. The van der Waals surface area contributed by atoms with E-state index < -0.39 is 6.04 Å². The number of halogens is 1. The highest BCUT2D eigenvalue weighted by molar-refractivity contribution is 5.25. The molecule has 66 valence electrons. The van der Waals surface area contributed by atoms with Crippen molar-refractivity contribution in [2.45, 2.75) is 13.0 Å². The molecule has 2 nitrogen and oxygen atoms in total. The maximum absolute atomic E-state index is 13.2. The molecule has 0 saturated carbocycles. The highest BCUT2D eigenvalue weighted by Gasteiger charge is 2.08. The zero-order chi connectivity index (χ0) is 9.14. The van der Waals surface area contributed by atoms with Gasteiger partial charge in [-0.1, -0.05) is 12.1 Å². The van der Waals surface area contributed by atoms with Gasteiger partial charge in [0, 0.05) is 18.2 Å². The summed E-state index contributed by atoms with van der Waals surface area (Å²) >= 11 is 0. The number of hydrogen-bond donors (Lipinski definition) is 2. The first-order valence-corrected chi connectivity index (χ1v) is 3.87. The molecule has 1 aromatic rings. The van der Waals surface area contributed by atoms with Crippen LogP contribution in [0.3, 0.4) is 0 Å². The molecule has 0 amide bonds. The standard InChI is InChI=1S/C9H13FN2/c1-6-2-3-7(8(10)4-6)9(12)5-11/h2-4,9H,5,11-12H2,1H3/t9-/m1/s1. The molecule has 0 bridgehead atoms. The van der Waals surface area contributed by atoms with Gasteiger partial charge in [-0.2, -0.15) is 0 Å². The maximum Gasteiger partial charge on any atom is 0.128 e. The largest absolute Gasteiger partial charge is 0.329 e. The molecule has 0 aliphatic carbocycles. The average Bonchev–Trinajstić information content (AvgIpc) is 2.03. The molecular weight excluding hydrogens is 155 g/mol. The summed E-state index contributed by atoms with van der Waals surface area (Å²) in [6.07, 6.45) is 0. The van der Waals surface area contributed by atoms with Gasteiger partial charge in [0.15, 0.2) is 0 Å². The van der Waals surface area contributed by atoms with Gasteiger partial charge in [-0.3, -0.25) is 0 Å². The molecule has 0 heterocycles. The van der Waals surface area contributed by atoms with Crippen molar-refractivity contribution in [3.8, 4) is 0 Å². The van der Waals surface area contributed by atoms with Crippen molar-refractivity contribution in [1.29, 1.82) is 0 Å². The number of aryl methyl sites for hydroxylation is 1. The number of nitrogens with two attached hydrogens (primary N) is 2. The number of benzene rings is 1. The fourth-order valence-electron chi connectivity index (χ4n) is 1.06. The van der Waals surface area contributed by atoms with E-state index in [1.807, 2.05) is 13.0 Å². The number of rotatable bonds is 2. The van der Waals surface area contributed by atoms with Crippen molar-refractivity contribution in [2.75, 3.05) is 6.54 Å². The van der Waals surface area contributed by atoms with E-state index in [0.29, 0.717) is 5.56 Å². The zero-order valence-corrected chi connectivity index (χ0v) is 7.05. The van der Waals surface area contributed by atoms with Crippen LogP contribution in [0.15, 0.2) is 18.2 Å². The topological polar surface area (TPSA) is 52.0 Å². The fourth-order valence-corrected chi connectivity index (χ4v) is 1.06. The summed E-state index contributed by atoms with van der Waals surface area (Å²) in [6.45, 7) is 2.10. The van der Waals surface area contributed by atoms with Gasteiger partial charge in [0.1, 0.15) is 5.82 Å². The molecular formula is C9H13FN2. The first kappa shape index (κ1) is 9.16. The van der Waals surface area contributed by atoms with Crippen molar-refractivity contribution in [2.24, 2.45) is 11.5 Å². The second-order valence-electron chi connectivity index (χ2n) is 2.87. The Kier molecular flexibility index (Phi) is 2.78. The number of hydrogen-bond acceptors (Lipinski definition) is 2. The minimum atomic E-state index is -0.398. The quantitative estimate of drug-likeness (QED) is 0.694. The molecule has 1 aromatic carbocycles. The zero-order valence-electron chi connectivity index (χ0n) is 7.05. The Morgan fingerprint density at radius 1 is 1.50 bits per heavy atom. The van der Waals surface area contributed by atoms with Crippen molar-refractivity contribution in [1.82, 2.24) is 0 Å². The van der Waals surface area contributed by atoms with E-state index >= 15 is 0 Å². The molecule has 12 heavy (non-hydrogen) atoms. The molecule has 1 atom stereocenters. The third-order valence-corrected chi connectivity index (χ3v) is 1.81. The van der Waals surface area contributed by atoms with Gasteiger partial charge < -0.3 is 11.5 Å². The van der Waals surface area contributed by atoms with Gasteiger partial charge in [0.25, 0.3) is 0 Å². The van der Waals surface area contributed by atoms with E-state index in [4.69, 9.17) is 11.5 Å². The van der Waals surface area contributed by atoms with E-state index in [1.54, 1.807) is 6.07 Å². The molecule has 0 unspecified atom stereocenters. The van der Waals surface area contributed by atoms with Crippen LogP contribution in [0.5, 0.6) is 0 Å². The normalized spacial score (nSPS) is 13.0. The van der Waals surface area contributed by atoms with Crippen LogP contribution in [-0.2, 0) is 0 Å². The Labute approximate surface area is 71.4 Å². The lowest BCUT2D eigenvalue weighted by molar-refractivity contribution is 0.583. The molecule has 0 radical (unpaired) electrons. The van der Waals surface area contributed by atoms with Crippen LogP contribution in [0.1, 0.15) is 17.2 Å². The van der Waals surface area contributed by atoms with Crippen LogP contribution in [0, 0.1) is 12.7 Å². The van der Waals surface area contributed by atoms with Crippen LogP contribution in [-0.4, -0.2) is 6.54 Å². The maximum atomic E-state index is 13.2. The molecule has 0 spiro atoms. The summed E-state index contributed by atoms with van der Waals surface area (Å²) in [5.41, 5.74) is 12.3. The Hall–Kier alpha value is -0.930. The smallest absolute Gasteiger partial charge is 0.128 e. The van der Waals surface area contributed by atoms with E-state index in [2.05, 4.69) is 0 Å². The molecule has 0 aliphatic heterocycles. The van der Waals surface area contributed by atoms with E-state index in [9.17, 15) is 4.39 Å². The average molecular weight is 168 g/mol. The Balaban J connectivity index is 3.01. The molecule has 4 N–H and O–H groups in total. The van der Waals surface area contributed by atoms with Crippen molar-refractivity contribution in [3.05, 3.63) is 35.1 Å². The van der Waals surface area contributed by atoms with Crippen LogP contribution in [0.2, 0.25) is 0 Å². The first-order valence-electron chi connectivity index (χ1n) is 3.87. The Morgan fingerprint density at radius 3 is 2.67 bits per heavy atom. The molecule has 0 fully saturated rings. The van der Waals surface area contributed by atoms with Crippen molar-refractivity contribution in [3.63, 3.8) is 0 Å². The molecule has 1 rings (SSSR count). The Morgan fingerprint density at radius 2 is 2.17 bits per heavy atom. The predicted molar refractivity (Wildman–Crippen MR) is 47.1 cm³/mol. The highest BCUT2D eigenvalue weighted by atomic mass is 19.1. The summed E-state index contributed by atoms with van der Waals surface area (Å²) in [5, 5.41) is 0. The van der Waals surface area contributed by atoms with Crippen molar-refractivity contribution < 1.29 is 4.39 Å². The van der Waals surface area contributed by atoms with Gasteiger partial charge in [-0.25, -0.2) is 4.39 Å². The molecule has 0 saturated heterocycles. The fraction of sp³-hybridized carbons (Fsp3) is 0.333. The second kappa shape index (κ2) is 3.65. The summed E-state index contributed by atoms with van der Waals surface area (Å²) in [4.78, 5) is 0. The highest BCUT2D eigenvalue weighted by Crippen LogP contribution is 2.15. The van der Waals surface area contributed by atoms with Crippen LogP contribution < -0.4 is 11.5 Å². The third-order valence-electron chi connectivity index (χ3n) is 1.81. The molecule has 0 aliphatic rings. The van der Waals surface area contributed by atoms with Gasteiger partial charge in [-0.15, -0.1) is 0 Å². The van der Waals surface area contributed by atoms with Gasteiger partial charge >= 0.3 is 0 Å². The van der Waals surface area contributed by atoms with Crippen LogP contribution in [0.4, 0.5) is 4.39 Å². The predicted octanol–water partition coefficient (Wildman–Crippen LogP) is 1.09. The second-order valence-corrected chi connectivity index (χ2v) is 2.87.